The molecule has 1 aromatic carbocycles. The molecule has 1 fully saturated rings. The summed E-state index contributed by atoms with van der Waals surface area (Å²) in [6.07, 6.45) is -9.45. The highest BCUT2D eigenvalue weighted by Gasteiger charge is 2.38. The van der Waals surface area contributed by atoms with Crippen molar-refractivity contribution in [2.24, 2.45) is 0 Å². The number of nitrogens with one attached hydrogen (secondary N) is 1. The number of carbonyl (C=O) groups is 2. The number of hydrogen-bond donors (Lipinski definition) is 2. The van der Waals surface area contributed by atoms with Crippen LogP contribution in [0, 0.1) is 0 Å². The van der Waals surface area contributed by atoms with Gasteiger partial charge in [-0.1, -0.05) is 0 Å². The minimum atomic E-state index is -5.08. The zero-order valence-electron chi connectivity index (χ0n) is 12.6. The van der Waals surface area contributed by atoms with Crippen LogP contribution in [-0.2, 0) is 11.0 Å². The number of carbonyl (C=O) groups excluding carboxylic acids is 1. The van der Waals surface area contributed by atoms with E-state index in [4.69, 9.17) is 9.90 Å². The third-order valence-electron chi connectivity index (χ3n) is 3.11. The normalized spacial score (nSPS) is 15.2. The van der Waals surface area contributed by atoms with Gasteiger partial charge in [-0.3, -0.25) is 4.79 Å². The second kappa shape index (κ2) is 8.19. The molecule has 1 amide bonds. The lowest BCUT2D eigenvalue weighted by Gasteiger charge is -2.27. The molecule has 2 rings (SSSR count). The molecule has 25 heavy (non-hydrogen) atoms. The molecule has 0 radical (unpaired) electrons. The maximum absolute atomic E-state index is 12.4. The number of carboxylic acids is 1. The number of piperazine rings is 1. The smallest absolute Gasteiger partial charge is 0.475 e. The van der Waals surface area contributed by atoms with Gasteiger partial charge in [0.2, 0.25) is 0 Å². The van der Waals surface area contributed by atoms with Gasteiger partial charge in [0.25, 0.3) is 5.91 Å². The summed E-state index contributed by atoms with van der Waals surface area (Å²) in [4.78, 5) is 22.5. The van der Waals surface area contributed by atoms with Gasteiger partial charge < -0.3 is 15.3 Å². The van der Waals surface area contributed by atoms with Crippen LogP contribution in [0.2, 0.25) is 0 Å². The molecule has 1 heterocycles. The van der Waals surface area contributed by atoms with Gasteiger partial charge in [-0.2, -0.15) is 26.3 Å². The molecule has 1 saturated heterocycles. The molecule has 0 aromatic heterocycles. The van der Waals surface area contributed by atoms with E-state index >= 15 is 0 Å². The predicted molar refractivity (Wildman–Crippen MR) is 73.9 cm³/mol. The zero-order chi connectivity index (χ0) is 19.3. The van der Waals surface area contributed by atoms with Gasteiger partial charge >= 0.3 is 18.3 Å². The van der Waals surface area contributed by atoms with Gasteiger partial charge in [0, 0.05) is 31.7 Å². The summed E-state index contributed by atoms with van der Waals surface area (Å²) in [5.41, 5.74) is -0.440. The van der Waals surface area contributed by atoms with Gasteiger partial charge in [0.1, 0.15) is 0 Å². The highest BCUT2D eigenvalue weighted by Crippen LogP contribution is 2.29. The number of aliphatic carboxylic acids is 1. The quantitative estimate of drug-likeness (QED) is 0.743. The van der Waals surface area contributed by atoms with Crippen molar-refractivity contribution in [3.63, 3.8) is 0 Å². The van der Waals surface area contributed by atoms with E-state index in [1.807, 2.05) is 0 Å². The Labute approximate surface area is 138 Å². The third-order valence-corrected chi connectivity index (χ3v) is 3.11. The SMILES string of the molecule is O=C(O)C(F)(F)F.O=C(c1ccc(C(F)(F)F)cc1)N1CCNCC1. The summed E-state index contributed by atoms with van der Waals surface area (Å²) in [5, 5.41) is 10.2. The molecule has 0 saturated carbocycles. The average molecular weight is 372 g/mol. The average Bonchev–Trinajstić information content (AvgIpc) is 2.54. The summed E-state index contributed by atoms with van der Waals surface area (Å²) in [6.45, 7) is 2.60. The fraction of sp³-hybridized carbons (Fsp3) is 0.429. The van der Waals surface area contributed by atoms with Crippen LogP contribution in [-0.4, -0.2) is 54.2 Å². The minimum Gasteiger partial charge on any atom is -0.475 e. The molecular weight excluding hydrogens is 358 g/mol. The molecule has 0 aliphatic carbocycles. The Kier molecular flexibility index (Phi) is 6.79. The number of benzene rings is 1. The first-order valence-electron chi connectivity index (χ1n) is 6.90. The summed E-state index contributed by atoms with van der Waals surface area (Å²) < 4.78 is 68.9. The van der Waals surface area contributed by atoms with Crippen LogP contribution < -0.4 is 5.32 Å². The fourth-order valence-corrected chi connectivity index (χ4v) is 1.85. The van der Waals surface area contributed by atoms with E-state index in [0.717, 1.165) is 12.1 Å². The molecular formula is C14H14F6N2O3. The first-order chi connectivity index (χ1) is 11.4. The predicted octanol–water partition coefficient (Wildman–Crippen LogP) is 2.38. The van der Waals surface area contributed by atoms with Crippen LogP contribution in [0.4, 0.5) is 26.3 Å². The Balaban J connectivity index is 0.000000381. The second-order valence-corrected chi connectivity index (χ2v) is 4.92. The molecule has 1 aliphatic rings. The molecule has 0 atom stereocenters. The van der Waals surface area contributed by atoms with E-state index in [-0.39, 0.29) is 5.91 Å². The van der Waals surface area contributed by atoms with E-state index in [9.17, 15) is 31.1 Å². The van der Waals surface area contributed by atoms with Gasteiger partial charge in [-0.05, 0) is 24.3 Å². The Morgan fingerprint density at radius 1 is 0.960 bits per heavy atom. The van der Waals surface area contributed by atoms with Crippen LogP contribution in [0.25, 0.3) is 0 Å². The standard InChI is InChI=1S/C12H13F3N2O.C2HF3O2/c13-12(14,15)10-3-1-9(2-4-10)11(18)17-7-5-16-6-8-17;3-2(4,5)1(6)7/h1-4,16H,5-8H2;(H,6,7). The van der Waals surface area contributed by atoms with E-state index in [0.29, 0.717) is 31.7 Å². The van der Waals surface area contributed by atoms with Crippen LogP contribution in [0.15, 0.2) is 24.3 Å². The summed E-state index contributed by atoms with van der Waals surface area (Å²) in [6, 6.07) is 4.34. The lowest BCUT2D eigenvalue weighted by molar-refractivity contribution is -0.192. The van der Waals surface area contributed by atoms with Crippen molar-refractivity contribution in [2.75, 3.05) is 26.2 Å². The van der Waals surface area contributed by atoms with Crippen molar-refractivity contribution in [1.82, 2.24) is 10.2 Å². The maximum atomic E-state index is 12.4. The Morgan fingerprint density at radius 3 is 1.76 bits per heavy atom. The Hall–Kier alpha value is -2.30. The summed E-state index contributed by atoms with van der Waals surface area (Å²) >= 11 is 0. The van der Waals surface area contributed by atoms with Gasteiger partial charge in [-0.25, -0.2) is 4.79 Å². The lowest BCUT2D eigenvalue weighted by atomic mass is 10.1. The van der Waals surface area contributed by atoms with E-state index in [2.05, 4.69) is 5.32 Å². The number of amides is 1. The van der Waals surface area contributed by atoms with Gasteiger partial charge in [0.15, 0.2) is 0 Å². The molecule has 1 aromatic rings. The van der Waals surface area contributed by atoms with Crippen molar-refractivity contribution in [2.45, 2.75) is 12.4 Å². The number of carboxylic acid groups (broad SMARTS) is 1. The Morgan fingerprint density at radius 2 is 1.40 bits per heavy atom. The first kappa shape index (κ1) is 20.7. The number of alkyl halides is 6. The highest BCUT2D eigenvalue weighted by atomic mass is 19.4. The monoisotopic (exact) mass is 372 g/mol. The number of nitrogens with zero attached hydrogens (tertiary/aromatic N) is 1. The maximum Gasteiger partial charge on any atom is 0.490 e. The Bertz CT molecular complexity index is 592. The third kappa shape index (κ3) is 6.61. The number of hydrogen-bond acceptors (Lipinski definition) is 3. The zero-order valence-corrected chi connectivity index (χ0v) is 12.6. The van der Waals surface area contributed by atoms with E-state index < -0.39 is 23.9 Å². The van der Waals surface area contributed by atoms with Gasteiger partial charge in [0.05, 0.1) is 5.56 Å². The molecule has 0 unspecified atom stereocenters. The van der Waals surface area contributed by atoms with Crippen molar-refractivity contribution in [3.8, 4) is 0 Å². The van der Waals surface area contributed by atoms with E-state index in [1.165, 1.54) is 12.1 Å². The molecule has 5 nitrogen and oxygen atoms in total. The van der Waals surface area contributed by atoms with Crippen LogP contribution >= 0.6 is 0 Å². The number of halogens is 6. The molecule has 0 spiro atoms. The molecule has 140 valence electrons. The van der Waals surface area contributed by atoms with Crippen molar-refractivity contribution in [1.29, 1.82) is 0 Å². The largest absolute Gasteiger partial charge is 0.490 e. The molecule has 2 N–H and O–H groups in total. The van der Waals surface area contributed by atoms with Crippen molar-refractivity contribution < 1.29 is 41.0 Å². The van der Waals surface area contributed by atoms with Crippen LogP contribution in [0.3, 0.4) is 0 Å². The molecule has 0 bridgehead atoms. The van der Waals surface area contributed by atoms with E-state index in [1.54, 1.807) is 4.90 Å². The van der Waals surface area contributed by atoms with Crippen molar-refractivity contribution in [3.05, 3.63) is 35.4 Å². The number of rotatable bonds is 1. The second-order valence-electron chi connectivity index (χ2n) is 4.92. The van der Waals surface area contributed by atoms with Crippen LogP contribution in [0.1, 0.15) is 15.9 Å². The lowest BCUT2D eigenvalue weighted by Crippen LogP contribution is -2.46. The topological polar surface area (TPSA) is 69.6 Å². The minimum absolute atomic E-state index is 0.217. The first-order valence-corrected chi connectivity index (χ1v) is 6.90. The summed E-state index contributed by atoms with van der Waals surface area (Å²) in [5.74, 6) is -2.97. The van der Waals surface area contributed by atoms with Crippen molar-refractivity contribution >= 4 is 11.9 Å². The highest BCUT2D eigenvalue weighted by molar-refractivity contribution is 5.94. The molecule has 1 aliphatic heterocycles. The fourth-order valence-electron chi connectivity index (χ4n) is 1.85. The van der Waals surface area contributed by atoms with Gasteiger partial charge in [-0.15, -0.1) is 0 Å². The summed E-state index contributed by atoms with van der Waals surface area (Å²) in [7, 11) is 0. The van der Waals surface area contributed by atoms with Crippen LogP contribution in [0.5, 0.6) is 0 Å². The molecule has 11 heteroatoms.